The van der Waals surface area contributed by atoms with Crippen LogP contribution in [-0.4, -0.2) is 23.0 Å². The van der Waals surface area contributed by atoms with E-state index in [9.17, 15) is 9.59 Å². The van der Waals surface area contributed by atoms with E-state index in [0.717, 1.165) is 6.42 Å². The SMILES string of the molecule is Cc1cc(=O)[nH]cc1C(=O)NC(C)(CN)CC(C)C.Cl. The second-order valence-corrected chi connectivity index (χ2v) is 5.71. The largest absolute Gasteiger partial charge is 0.346 e. The summed E-state index contributed by atoms with van der Waals surface area (Å²) in [7, 11) is 0. The summed E-state index contributed by atoms with van der Waals surface area (Å²) in [6.07, 6.45) is 2.25. The van der Waals surface area contributed by atoms with Gasteiger partial charge >= 0.3 is 0 Å². The second kappa shape index (κ2) is 7.45. The maximum Gasteiger partial charge on any atom is 0.253 e. The molecule has 0 saturated carbocycles. The summed E-state index contributed by atoms with van der Waals surface area (Å²) in [5, 5.41) is 2.97. The quantitative estimate of drug-likeness (QED) is 0.772. The first-order valence-corrected chi connectivity index (χ1v) is 6.49. The molecule has 1 heterocycles. The van der Waals surface area contributed by atoms with Gasteiger partial charge < -0.3 is 16.0 Å². The molecule has 1 atom stereocenters. The fraction of sp³-hybridized carbons (Fsp3) is 0.571. The van der Waals surface area contributed by atoms with E-state index in [1.54, 1.807) is 6.92 Å². The van der Waals surface area contributed by atoms with Crippen molar-refractivity contribution < 1.29 is 4.79 Å². The van der Waals surface area contributed by atoms with Gasteiger partial charge in [0.2, 0.25) is 5.56 Å². The van der Waals surface area contributed by atoms with Gasteiger partial charge in [0.25, 0.3) is 5.91 Å². The van der Waals surface area contributed by atoms with E-state index in [0.29, 0.717) is 23.6 Å². The van der Waals surface area contributed by atoms with E-state index in [2.05, 4.69) is 24.1 Å². The summed E-state index contributed by atoms with van der Waals surface area (Å²) in [6.45, 7) is 8.23. The van der Waals surface area contributed by atoms with Crippen LogP contribution in [0.5, 0.6) is 0 Å². The van der Waals surface area contributed by atoms with Crippen LogP contribution in [0, 0.1) is 12.8 Å². The summed E-state index contributed by atoms with van der Waals surface area (Å²) in [5.41, 5.74) is 6.26. The summed E-state index contributed by atoms with van der Waals surface area (Å²) >= 11 is 0. The third-order valence-electron chi connectivity index (χ3n) is 3.10. The van der Waals surface area contributed by atoms with Gasteiger partial charge in [0.15, 0.2) is 0 Å². The zero-order chi connectivity index (χ0) is 14.6. The molecule has 0 aromatic carbocycles. The number of hydrogen-bond donors (Lipinski definition) is 3. The number of nitrogens with one attached hydrogen (secondary N) is 2. The first-order chi connectivity index (χ1) is 8.77. The number of halogens is 1. The molecular weight excluding hydrogens is 278 g/mol. The Morgan fingerprint density at radius 1 is 1.50 bits per heavy atom. The Morgan fingerprint density at radius 3 is 2.55 bits per heavy atom. The van der Waals surface area contributed by atoms with Crippen LogP contribution < -0.4 is 16.6 Å². The molecule has 1 rings (SSSR count). The van der Waals surface area contributed by atoms with Crippen molar-refractivity contribution >= 4 is 18.3 Å². The molecule has 6 heteroatoms. The molecule has 4 N–H and O–H groups in total. The molecule has 0 aliphatic carbocycles. The van der Waals surface area contributed by atoms with E-state index in [1.165, 1.54) is 12.3 Å². The number of nitrogens with two attached hydrogens (primary N) is 1. The third kappa shape index (κ3) is 4.98. The number of aryl methyl sites for hydroxylation is 1. The van der Waals surface area contributed by atoms with E-state index in [-0.39, 0.29) is 23.9 Å². The number of aromatic amines is 1. The van der Waals surface area contributed by atoms with Crippen LogP contribution in [0.15, 0.2) is 17.1 Å². The molecule has 1 unspecified atom stereocenters. The van der Waals surface area contributed by atoms with Crippen molar-refractivity contribution in [3.8, 4) is 0 Å². The Kier molecular flexibility index (Phi) is 6.96. The molecule has 1 aromatic rings. The lowest BCUT2D eigenvalue weighted by atomic mass is 9.90. The number of aromatic nitrogens is 1. The van der Waals surface area contributed by atoms with Gasteiger partial charge in [-0.3, -0.25) is 9.59 Å². The van der Waals surface area contributed by atoms with Gasteiger partial charge in [-0.15, -0.1) is 12.4 Å². The van der Waals surface area contributed by atoms with Crippen LogP contribution in [0.1, 0.15) is 43.1 Å². The number of carbonyl (C=O) groups is 1. The monoisotopic (exact) mass is 301 g/mol. The molecule has 1 aromatic heterocycles. The smallest absolute Gasteiger partial charge is 0.253 e. The first-order valence-electron chi connectivity index (χ1n) is 6.49. The van der Waals surface area contributed by atoms with Crippen molar-refractivity contribution in [1.82, 2.24) is 10.3 Å². The van der Waals surface area contributed by atoms with Gasteiger partial charge in [-0.05, 0) is 31.7 Å². The molecule has 1 amide bonds. The lowest BCUT2D eigenvalue weighted by molar-refractivity contribution is 0.0897. The lowest BCUT2D eigenvalue weighted by Gasteiger charge is -2.31. The molecule has 5 nitrogen and oxygen atoms in total. The van der Waals surface area contributed by atoms with E-state index in [4.69, 9.17) is 5.73 Å². The number of hydrogen-bond acceptors (Lipinski definition) is 3. The van der Waals surface area contributed by atoms with Crippen LogP contribution in [0.3, 0.4) is 0 Å². The number of amides is 1. The second-order valence-electron chi connectivity index (χ2n) is 5.71. The van der Waals surface area contributed by atoms with Crippen LogP contribution in [0.2, 0.25) is 0 Å². The third-order valence-corrected chi connectivity index (χ3v) is 3.10. The fourth-order valence-electron chi connectivity index (χ4n) is 2.25. The number of carbonyl (C=O) groups excluding carboxylic acids is 1. The average molecular weight is 302 g/mol. The highest BCUT2D eigenvalue weighted by molar-refractivity contribution is 5.95. The van der Waals surface area contributed by atoms with Crippen molar-refractivity contribution in [2.24, 2.45) is 11.7 Å². The standard InChI is InChI=1S/C14H23N3O2.ClH/c1-9(2)6-14(4,8-15)17-13(19)11-7-16-12(18)5-10(11)3;/h5,7,9H,6,8,15H2,1-4H3,(H,16,18)(H,17,19);1H. The van der Waals surface area contributed by atoms with Crippen LogP contribution in [0.4, 0.5) is 0 Å². The number of rotatable bonds is 5. The highest BCUT2D eigenvalue weighted by atomic mass is 35.5. The Bertz CT molecular complexity index is 513. The van der Waals surface area contributed by atoms with Crippen LogP contribution >= 0.6 is 12.4 Å². The first kappa shape index (κ1) is 18.7. The van der Waals surface area contributed by atoms with Crippen LogP contribution in [0.25, 0.3) is 0 Å². The minimum atomic E-state index is -0.437. The van der Waals surface area contributed by atoms with Crippen molar-refractivity contribution in [2.45, 2.75) is 39.7 Å². The summed E-state index contributed by atoms with van der Waals surface area (Å²) in [6, 6.07) is 1.41. The maximum absolute atomic E-state index is 12.2. The van der Waals surface area contributed by atoms with E-state index >= 15 is 0 Å². The number of pyridine rings is 1. The van der Waals surface area contributed by atoms with E-state index < -0.39 is 5.54 Å². The molecule has 0 saturated heterocycles. The Morgan fingerprint density at radius 2 is 2.10 bits per heavy atom. The predicted octanol–water partition coefficient (Wildman–Crippen LogP) is 1.60. The number of H-pyrrole nitrogens is 1. The van der Waals surface area contributed by atoms with Gasteiger partial charge in [0, 0.05) is 24.3 Å². The van der Waals surface area contributed by atoms with Crippen molar-refractivity contribution in [2.75, 3.05) is 6.54 Å². The summed E-state index contributed by atoms with van der Waals surface area (Å²) < 4.78 is 0. The molecule has 0 fully saturated rings. The van der Waals surface area contributed by atoms with E-state index in [1.807, 2.05) is 6.92 Å². The Balaban J connectivity index is 0.00000361. The molecule has 0 spiro atoms. The normalized spacial score (nSPS) is 13.5. The topological polar surface area (TPSA) is 88.0 Å². The van der Waals surface area contributed by atoms with Crippen molar-refractivity contribution in [1.29, 1.82) is 0 Å². The summed E-state index contributed by atoms with van der Waals surface area (Å²) in [4.78, 5) is 25.9. The van der Waals surface area contributed by atoms with Crippen LogP contribution in [-0.2, 0) is 0 Å². The van der Waals surface area contributed by atoms with Gasteiger partial charge in [-0.25, -0.2) is 0 Å². The molecule has 0 aliphatic heterocycles. The molecule has 0 bridgehead atoms. The summed E-state index contributed by atoms with van der Waals surface area (Å²) in [5.74, 6) is 0.230. The Hall–Kier alpha value is -1.33. The zero-order valence-electron chi connectivity index (χ0n) is 12.4. The minimum absolute atomic E-state index is 0. The Labute approximate surface area is 125 Å². The highest BCUT2D eigenvalue weighted by Crippen LogP contribution is 2.16. The fourth-order valence-corrected chi connectivity index (χ4v) is 2.25. The molecular formula is C14H24ClN3O2. The molecule has 20 heavy (non-hydrogen) atoms. The molecule has 114 valence electrons. The maximum atomic E-state index is 12.2. The van der Waals surface area contributed by atoms with Gasteiger partial charge in [-0.2, -0.15) is 0 Å². The zero-order valence-corrected chi connectivity index (χ0v) is 13.3. The van der Waals surface area contributed by atoms with Crippen molar-refractivity contribution in [3.63, 3.8) is 0 Å². The predicted molar refractivity (Wildman–Crippen MR) is 83.4 cm³/mol. The van der Waals surface area contributed by atoms with Gasteiger partial charge in [0.05, 0.1) is 5.56 Å². The molecule has 0 radical (unpaired) electrons. The minimum Gasteiger partial charge on any atom is -0.346 e. The highest BCUT2D eigenvalue weighted by Gasteiger charge is 2.26. The van der Waals surface area contributed by atoms with Gasteiger partial charge in [-0.1, -0.05) is 13.8 Å². The molecule has 0 aliphatic rings. The lowest BCUT2D eigenvalue weighted by Crippen LogP contribution is -2.52. The average Bonchev–Trinajstić information content (AvgIpc) is 2.27. The van der Waals surface area contributed by atoms with Gasteiger partial charge in [0.1, 0.15) is 0 Å². The van der Waals surface area contributed by atoms with Crippen molar-refractivity contribution in [3.05, 3.63) is 33.7 Å².